The third-order valence-corrected chi connectivity index (χ3v) is 5.37. The maximum Gasteiger partial charge on any atom is 0.241 e. The number of benzene rings is 1. The van der Waals surface area contributed by atoms with Crippen molar-refractivity contribution in [2.24, 2.45) is 0 Å². The molecule has 1 heterocycles. The first-order chi connectivity index (χ1) is 11.8. The van der Waals surface area contributed by atoms with Gasteiger partial charge in [0.25, 0.3) is 0 Å². The minimum Gasteiger partial charge on any atom is -0.490 e. The Morgan fingerprint density at radius 1 is 1.19 bits per heavy atom. The van der Waals surface area contributed by atoms with Gasteiger partial charge in [0.15, 0.2) is 11.5 Å². The van der Waals surface area contributed by atoms with Crippen LogP contribution in [0.25, 0.3) is 0 Å². The monoisotopic (exact) mass is 407 g/mol. The second-order valence-corrected chi connectivity index (χ2v) is 7.65. The van der Waals surface area contributed by atoms with E-state index in [1.54, 1.807) is 13.1 Å². The van der Waals surface area contributed by atoms with Gasteiger partial charge in [0.2, 0.25) is 15.9 Å². The van der Waals surface area contributed by atoms with Crippen molar-refractivity contribution >= 4 is 28.3 Å². The lowest BCUT2D eigenvalue weighted by atomic mass is 10.3. The van der Waals surface area contributed by atoms with E-state index in [0.29, 0.717) is 31.3 Å². The summed E-state index contributed by atoms with van der Waals surface area (Å²) in [5, 5.41) is 5.68. The van der Waals surface area contributed by atoms with Crippen molar-refractivity contribution in [3.63, 3.8) is 0 Å². The van der Waals surface area contributed by atoms with E-state index in [2.05, 4.69) is 15.4 Å². The van der Waals surface area contributed by atoms with Crippen molar-refractivity contribution in [1.82, 2.24) is 15.4 Å². The van der Waals surface area contributed by atoms with Crippen molar-refractivity contribution < 1.29 is 22.7 Å². The second-order valence-electron chi connectivity index (χ2n) is 5.94. The summed E-state index contributed by atoms with van der Waals surface area (Å²) < 4.78 is 38.4. The van der Waals surface area contributed by atoms with Crippen molar-refractivity contribution in [2.75, 3.05) is 26.8 Å². The molecule has 0 aliphatic carbocycles. The smallest absolute Gasteiger partial charge is 0.241 e. The predicted octanol–water partition coefficient (Wildman–Crippen LogP) is 0.661. The highest BCUT2D eigenvalue weighted by molar-refractivity contribution is 7.89. The lowest BCUT2D eigenvalue weighted by Gasteiger charge is -2.17. The molecule has 1 amide bonds. The third-order valence-electron chi connectivity index (χ3n) is 3.83. The fourth-order valence-corrected chi connectivity index (χ4v) is 3.39. The van der Waals surface area contributed by atoms with Gasteiger partial charge in [-0.2, -0.15) is 4.72 Å². The van der Waals surface area contributed by atoms with Gasteiger partial charge >= 0.3 is 0 Å². The van der Waals surface area contributed by atoms with Gasteiger partial charge in [0, 0.05) is 25.1 Å². The molecule has 0 aromatic heterocycles. The van der Waals surface area contributed by atoms with Crippen LogP contribution in [0.1, 0.15) is 20.3 Å². The number of ether oxygens (including phenoxy) is 2. The lowest BCUT2D eigenvalue weighted by molar-refractivity contribution is -0.122. The summed E-state index contributed by atoms with van der Waals surface area (Å²) in [7, 11) is -2.07. The van der Waals surface area contributed by atoms with E-state index >= 15 is 0 Å². The quantitative estimate of drug-likeness (QED) is 0.613. The molecule has 0 saturated heterocycles. The summed E-state index contributed by atoms with van der Waals surface area (Å²) in [5.41, 5.74) is 0. The van der Waals surface area contributed by atoms with Gasteiger partial charge in [-0.15, -0.1) is 12.4 Å². The number of carbonyl (C=O) groups excluding carboxylic acids is 1. The first-order valence-electron chi connectivity index (χ1n) is 8.20. The maximum absolute atomic E-state index is 12.5. The van der Waals surface area contributed by atoms with Gasteiger partial charge in [0.1, 0.15) is 0 Å². The fraction of sp³-hybridized carbons (Fsp3) is 0.562. The average Bonchev–Trinajstić information content (AvgIpc) is 2.83. The predicted molar refractivity (Wildman–Crippen MR) is 101 cm³/mol. The zero-order valence-corrected chi connectivity index (χ0v) is 16.7. The van der Waals surface area contributed by atoms with E-state index < -0.39 is 16.1 Å². The number of amides is 1. The average molecular weight is 408 g/mol. The van der Waals surface area contributed by atoms with Crippen LogP contribution in [-0.4, -0.2) is 53.2 Å². The molecule has 0 bridgehead atoms. The van der Waals surface area contributed by atoms with Crippen molar-refractivity contribution in [1.29, 1.82) is 0 Å². The Balaban J connectivity index is 0.00000338. The summed E-state index contributed by atoms with van der Waals surface area (Å²) in [4.78, 5) is 12.1. The van der Waals surface area contributed by atoms with Gasteiger partial charge < -0.3 is 20.1 Å². The molecular formula is C16H26ClN3O5S. The number of carbonyl (C=O) groups is 1. The highest BCUT2D eigenvalue weighted by Crippen LogP contribution is 2.31. The maximum atomic E-state index is 12.5. The molecule has 1 aromatic carbocycles. The topological polar surface area (TPSA) is 106 Å². The molecule has 2 unspecified atom stereocenters. The molecule has 0 radical (unpaired) electrons. The Kier molecular flexibility index (Phi) is 8.61. The Morgan fingerprint density at radius 3 is 2.50 bits per heavy atom. The Bertz CT molecular complexity index is 714. The van der Waals surface area contributed by atoms with E-state index in [9.17, 15) is 13.2 Å². The van der Waals surface area contributed by atoms with Crippen LogP contribution in [0, 0.1) is 0 Å². The Labute approximate surface area is 160 Å². The summed E-state index contributed by atoms with van der Waals surface area (Å²) in [5.74, 6) is 0.517. The molecular weight excluding hydrogens is 382 g/mol. The zero-order valence-electron chi connectivity index (χ0n) is 15.1. The molecule has 3 N–H and O–H groups in total. The summed E-state index contributed by atoms with van der Waals surface area (Å²) in [6.45, 7) is 4.81. The van der Waals surface area contributed by atoms with Crippen molar-refractivity contribution in [3.8, 4) is 11.5 Å². The minimum atomic E-state index is -3.86. The molecule has 0 spiro atoms. The van der Waals surface area contributed by atoms with Gasteiger partial charge in [-0.05, 0) is 33.0 Å². The fourth-order valence-electron chi connectivity index (χ4n) is 2.17. The van der Waals surface area contributed by atoms with E-state index in [1.165, 1.54) is 19.1 Å². The molecule has 1 aromatic rings. The first kappa shape index (κ1) is 22.5. The standard InChI is InChI=1S/C16H25N3O5S.ClH/c1-11(17-3)10-18-16(20)12(2)19-25(21,22)13-5-6-14-15(9-13)24-8-4-7-23-14;/h5-6,9,11-12,17,19H,4,7-8,10H2,1-3H3,(H,18,20);1H. The highest BCUT2D eigenvalue weighted by Gasteiger charge is 2.24. The number of rotatable bonds is 7. The number of nitrogens with one attached hydrogen (secondary N) is 3. The van der Waals surface area contributed by atoms with Gasteiger partial charge in [-0.1, -0.05) is 0 Å². The molecule has 2 rings (SSSR count). The number of sulfonamides is 1. The Hall–Kier alpha value is -1.55. The molecule has 1 aliphatic rings. The van der Waals surface area contributed by atoms with E-state index in [0.717, 1.165) is 6.42 Å². The number of hydrogen-bond acceptors (Lipinski definition) is 6. The van der Waals surface area contributed by atoms with Gasteiger partial charge in [0.05, 0.1) is 24.2 Å². The summed E-state index contributed by atoms with van der Waals surface area (Å²) in [6, 6.07) is 3.61. The van der Waals surface area contributed by atoms with E-state index in [4.69, 9.17) is 9.47 Å². The number of halogens is 1. The summed E-state index contributed by atoms with van der Waals surface area (Å²) >= 11 is 0. The minimum absolute atomic E-state index is 0. The normalized spacial score (nSPS) is 16.0. The number of fused-ring (bicyclic) bond motifs is 1. The molecule has 148 valence electrons. The molecule has 26 heavy (non-hydrogen) atoms. The SMILES string of the molecule is CNC(C)CNC(=O)C(C)NS(=O)(=O)c1ccc2c(c1)OCCCO2.Cl. The lowest BCUT2D eigenvalue weighted by Crippen LogP contribution is -2.47. The van der Waals surface area contributed by atoms with E-state index in [-0.39, 0.29) is 29.3 Å². The molecule has 2 atom stereocenters. The van der Waals surface area contributed by atoms with Crippen LogP contribution in [0.2, 0.25) is 0 Å². The van der Waals surface area contributed by atoms with Crippen LogP contribution in [0.3, 0.4) is 0 Å². The van der Waals surface area contributed by atoms with Gasteiger partial charge in [-0.3, -0.25) is 4.79 Å². The molecule has 1 aliphatic heterocycles. The Morgan fingerprint density at radius 2 is 1.85 bits per heavy atom. The van der Waals surface area contributed by atoms with Crippen molar-refractivity contribution in [3.05, 3.63) is 18.2 Å². The van der Waals surface area contributed by atoms with Crippen LogP contribution < -0.4 is 24.8 Å². The van der Waals surface area contributed by atoms with Crippen LogP contribution in [0.15, 0.2) is 23.1 Å². The number of likely N-dealkylation sites (N-methyl/N-ethyl adjacent to an activating group) is 1. The highest BCUT2D eigenvalue weighted by atomic mass is 35.5. The molecule has 10 heteroatoms. The first-order valence-corrected chi connectivity index (χ1v) is 9.69. The van der Waals surface area contributed by atoms with Crippen LogP contribution in [0.5, 0.6) is 11.5 Å². The molecule has 0 fully saturated rings. The third kappa shape index (κ3) is 6.01. The molecule has 0 saturated carbocycles. The van der Waals surface area contributed by atoms with E-state index in [1.807, 2.05) is 6.92 Å². The van der Waals surface area contributed by atoms with Crippen molar-refractivity contribution in [2.45, 2.75) is 37.2 Å². The van der Waals surface area contributed by atoms with Crippen LogP contribution >= 0.6 is 12.4 Å². The molecule has 8 nitrogen and oxygen atoms in total. The van der Waals surface area contributed by atoms with Crippen LogP contribution in [0.4, 0.5) is 0 Å². The zero-order chi connectivity index (χ0) is 18.4. The summed E-state index contributed by atoms with van der Waals surface area (Å²) in [6.07, 6.45) is 0.733. The van der Waals surface area contributed by atoms with Gasteiger partial charge in [-0.25, -0.2) is 8.42 Å². The number of hydrogen-bond donors (Lipinski definition) is 3. The van der Waals surface area contributed by atoms with Crippen LogP contribution in [-0.2, 0) is 14.8 Å². The largest absolute Gasteiger partial charge is 0.490 e. The second kappa shape index (κ2) is 9.96.